The molecule has 0 aliphatic heterocycles. The van der Waals surface area contributed by atoms with Crippen LogP contribution in [0, 0.1) is 6.92 Å². The van der Waals surface area contributed by atoms with Crippen molar-refractivity contribution in [2.45, 2.75) is 25.8 Å². The van der Waals surface area contributed by atoms with Crippen molar-refractivity contribution in [3.63, 3.8) is 0 Å². The van der Waals surface area contributed by atoms with Crippen molar-refractivity contribution >= 4 is 29.2 Å². The highest BCUT2D eigenvalue weighted by molar-refractivity contribution is 6.42. The van der Waals surface area contributed by atoms with E-state index in [1.165, 1.54) is 10.7 Å². The van der Waals surface area contributed by atoms with Crippen LogP contribution in [0.1, 0.15) is 32.7 Å². The molecular weight excluding hydrogens is 485 g/mol. The largest absolute Gasteiger partial charge is 0.417 e. The number of ether oxygens (including phenoxy) is 1. The van der Waals surface area contributed by atoms with Crippen LogP contribution in [-0.4, -0.2) is 15.7 Å². The summed E-state index contributed by atoms with van der Waals surface area (Å²) in [5.41, 5.74) is -3.53. The molecule has 0 aliphatic carbocycles. The lowest BCUT2D eigenvalue weighted by Gasteiger charge is -2.16. The van der Waals surface area contributed by atoms with E-state index >= 15 is 0 Å². The first kappa shape index (κ1) is 23.9. The fraction of sp³-hybridized carbons (Fsp3) is 0.200. The normalized spacial score (nSPS) is 12.2. The Hall–Kier alpha value is -2.72. The van der Waals surface area contributed by atoms with Crippen molar-refractivity contribution < 1.29 is 35.9 Å². The van der Waals surface area contributed by atoms with Crippen LogP contribution in [0.2, 0.25) is 10.0 Å². The maximum absolute atomic E-state index is 13.1. The molecule has 0 fully saturated rings. The summed E-state index contributed by atoms with van der Waals surface area (Å²) in [5, 5.41) is 4.74. The van der Waals surface area contributed by atoms with Gasteiger partial charge in [-0.1, -0.05) is 29.3 Å². The minimum absolute atomic E-state index is 0.0775. The van der Waals surface area contributed by atoms with Gasteiger partial charge in [0.25, 0.3) is 0 Å². The molecule has 12 heteroatoms. The Morgan fingerprint density at radius 2 is 1.59 bits per heavy atom. The fourth-order valence-corrected chi connectivity index (χ4v) is 3.16. The predicted molar refractivity (Wildman–Crippen MR) is 104 cm³/mol. The summed E-state index contributed by atoms with van der Waals surface area (Å²) in [6, 6.07) is 7.01. The van der Waals surface area contributed by atoms with Crippen LogP contribution in [0.3, 0.4) is 0 Å². The first-order chi connectivity index (χ1) is 14.8. The summed E-state index contributed by atoms with van der Waals surface area (Å²) in [5.74, 6) is -1.40. The second kappa shape index (κ2) is 8.67. The Balaban J connectivity index is 1.90. The summed E-state index contributed by atoms with van der Waals surface area (Å²) in [6.07, 6.45) is -10.6. The van der Waals surface area contributed by atoms with Gasteiger partial charge in [-0.25, -0.2) is 9.48 Å². The van der Waals surface area contributed by atoms with E-state index in [4.69, 9.17) is 27.9 Å². The second-order valence-electron chi connectivity index (χ2n) is 6.68. The van der Waals surface area contributed by atoms with E-state index in [9.17, 15) is 31.1 Å². The number of halogens is 8. The smallest absolute Gasteiger partial charge is 0.404 e. The van der Waals surface area contributed by atoms with Crippen molar-refractivity contribution in [1.82, 2.24) is 9.78 Å². The molecule has 0 bridgehead atoms. The van der Waals surface area contributed by atoms with E-state index < -0.39 is 35.0 Å². The molecule has 3 rings (SSSR count). The summed E-state index contributed by atoms with van der Waals surface area (Å²) in [7, 11) is 0. The minimum Gasteiger partial charge on any atom is -0.404 e. The average Bonchev–Trinajstić information content (AvgIpc) is 3.01. The third-order valence-corrected chi connectivity index (χ3v) is 4.98. The fourth-order valence-electron chi connectivity index (χ4n) is 2.83. The Labute approximate surface area is 187 Å². The number of rotatable bonds is 4. The Morgan fingerprint density at radius 3 is 2.19 bits per heavy atom. The predicted octanol–water partition coefficient (Wildman–Crippen LogP) is 6.80. The molecule has 0 unspecified atom stereocenters. The van der Waals surface area contributed by atoms with Gasteiger partial charge in [0, 0.05) is 6.07 Å². The van der Waals surface area contributed by atoms with Gasteiger partial charge in [-0.2, -0.15) is 31.4 Å². The van der Waals surface area contributed by atoms with Crippen LogP contribution < -0.4 is 4.74 Å². The maximum atomic E-state index is 13.1. The van der Waals surface area contributed by atoms with E-state index in [-0.39, 0.29) is 29.6 Å². The van der Waals surface area contributed by atoms with Crippen molar-refractivity contribution in [2.24, 2.45) is 0 Å². The molecule has 32 heavy (non-hydrogen) atoms. The molecule has 0 atom stereocenters. The zero-order valence-corrected chi connectivity index (χ0v) is 17.5. The van der Waals surface area contributed by atoms with Gasteiger partial charge in [0.2, 0.25) is 5.88 Å². The number of aryl methyl sites for hydroxylation is 1. The van der Waals surface area contributed by atoms with Gasteiger partial charge in [-0.15, -0.1) is 0 Å². The van der Waals surface area contributed by atoms with Crippen LogP contribution in [0.25, 0.3) is 0 Å². The molecule has 1 heterocycles. The number of carbonyl (C=O) groups excluding carboxylic acids is 1. The van der Waals surface area contributed by atoms with Gasteiger partial charge < -0.3 is 4.74 Å². The molecule has 0 amide bonds. The molecule has 0 spiro atoms. The van der Waals surface area contributed by atoms with Crippen molar-refractivity contribution in [2.75, 3.05) is 0 Å². The lowest BCUT2D eigenvalue weighted by Crippen LogP contribution is -2.19. The number of hydrogen-bond acceptors (Lipinski definition) is 3. The summed E-state index contributed by atoms with van der Waals surface area (Å²) >= 11 is 11.8. The van der Waals surface area contributed by atoms with Crippen LogP contribution in [0.4, 0.5) is 26.3 Å². The standard InChI is InChI=1S/C20H12Cl2F6N2O2/c1-10-6-17(30(29-10)9-11-2-5-15(21)16(22)7-11)32-18(31)12-3-4-13(19(23,24)25)14(8-12)20(26,27)28/h2-8H,9H2,1H3. The number of carbonyl (C=O) groups is 1. The van der Waals surface area contributed by atoms with Gasteiger partial charge >= 0.3 is 18.3 Å². The molecule has 4 nitrogen and oxygen atoms in total. The summed E-state index contributed by atoms with van der Waals surface area (Å²) in [4.78, 5) is 12.4. The van der Waals surface area contributed by atoms with E-state index in [1.54, 1.807) is 25.1 Å². The number of aromatic nitrogens is 2. The minimum atomic E-state index is -5.33. The zero-order chi connectivity index (χ0) is 23.8. The molecule has 0 N–H and O–H groups in total. The van der Waals surface area contributed by atoms with Crippen molar-refractivity contribution in [3.05, 3.63) is 80.5 Å². The Kier molecular flexibility index (Phi) is 6.48. The molecule has 0 saturated heterocycles. The number of alkyl halides is 6. The molecule has 3 aromatic rings. The third kappa shape index (κ3) is 5.36. The topological polar surface area (TPSA) is 44.1 Å². The van der Waals surface area contributed by atoms with E-state index in [1.807, 2.05) is 0 Å². The third-order valence-electron chi connectivity index (χ3n) is 4.24. The average molecular weight is 497 g/mol. The van der Waals surface area contributed by atoms with E-state index in [0.717, 1.165) is 0 Å². The van der Waals surface area contributed by atoms with E-state index in [2.05, 4.69) is 5.10 Å². The lowest BCUT2D eigenvalue weighted by molar-refractivity contribution is -0.162. The van der Waals surface area contributed by atoms with Gasteiger partial charge in [0.1, 0.15) is 0 Å². The number of esters is 1. The van der Waals surface area contributed by atoms with Crippen LogP contribution in [0.15, 0.2) is 42.5 Å². The second-order valence-corrected chi connectivity index (χ2v) is 7.49. The van der Waals surface area contributed by atoms with Crippen molar-refractivity contribution in [3.8, 4) is 5.88 Å². The number of hydrogen-bond donors (Lipinski definition) is 0. The Bertz CT molecular complexity index is 1170. The molecule has 0 aliphatic rings. The first-order valence-corrected chi connectivity index (χ1v) is 9.50. The highest BCUT2D eigenvalue weighted by Gasteiger charge is 2.43. The molecule has 170 valence electrons. The zero-order valence-electron chi connectivity index (χ0n) is 16.0. The highest BCUT2D eigenvalue weighted by Crippen LogP contribution is 2.40. The van der Waals surface area contributed by atoms with Crippen molar-refractivity contribution in [1.29, 1.82) is 0 Å². The number of benzene rings is 2. The number of nitrogens with zero attached hydrogens (tertiary/aromatic N) is 2. The van der Waals surface area contributed by atoms with Crippen LogP contribution in [-0.2, 0) is 18.9 Å². The molecule has 0 radical (unpaired) electrons. The maximum Gasteiger partial charge on any atom is 0.417 e. The van der Waals surface area contributed by atoms with Gasteiger partial charge in [0.15, 0.2) is 0 Å². The first-order valence-electron chi connectivity index (χ1n) is 8.74. The van der Waals surface area contributed by atoms with Crippen LogP contribution >= 0.6 is 23.2 Å². The lowest BCUT2D eigenvalue weighted by atomic mass is 10.0. The summed E-state index contributed by atoms with van der Waals surface area (Å²) in [6.45, 7) is 1.66. The SMILES string of the molecule is Cc1cc(OC(=O)c2ccc(C(F)(F)F)c(C(F)(F)F)c2)n(Cc2ccc(Cl)c(Cl)c2)n1. The highest BCUT2D eigenvalue weighted by atomic mass is 35.5. The molecule has 1 aromatic heterocycles. The molecule has 0 saturated carbocycles. The Morgan fingerprint density at radius 1 is 0.938 bits per heavy atom. The van der Waals surface area contributed by atoms with Gasteiger partial charge in [0.05, 0.1) is 39.0 Å². The molecular formula is C20H12Cl2F6N2O2. The summed E-state index contributed by atoms with van der Waals surface area (Å²) < 4.78 is 84.6. The van der Waals surface area contributed by atoms with Crippen LogP contribution in [0.5, 0.6) is 5.88 Å². The van der Waals surface area contributed by atoms with Gasteiger partial charge in [-0.05, 0) is 42.8 Å². The monoisotopic (exact) mass is 496 g/mol. The van der Waals surface area contributed by atoms with Gasteiger partial charge in [-0.3, -0.25) is 0 Å². The molecule has 2 aromatic carbocycles. The van der Waals surface area contributed by atoms with E-state index in [0.29, 0.717) is 22.3 Å². The quantitative estimate of drug-likeness (QED) is 0.294.